The van der Waals surface area contributed by atoms with Gasteiger partial charge in [0.05, 0.1) is 22.6 Å². The summed E-state index contributed by atoms with van der Waals surface area (Å²) in [6.45, 7) is 1.92. The normalized spacial score (nSPS) is 11.3. The molecule has 3 heterocycles. The van der Waals surface area contributed by atoms with Crippen LogP contribution in [-0.4, -0.2) is 25.8 Å². The molecule has 2 aromatic carbocycles. The van der Waals surface area contributed by atoms with Crippen LogP contribution in [0.25, 0.3) is 26.9 Å². The van der Waals surface area contributed by atoms with E-state index >= 15 is 0 Å². The first-order valence-electron chi connectivity index (χ1n) is 8.73. The second-order valence-electron chi connectivity index (χ2n) is 6.48. The molecule has 5 rings (SSSR count). The van der Waals surface area contributed by atoms with Crippen LogP contribution in [-0.2, 0) is 0 Å². The van der Waals surface area contributed by atoms with Gasteiger partial charge < -0.3 is 5.73 Å². The van der Waals surface area contributed by atoms with Gasteiger partial charge in [-0.05, 0) is 25.1 Å². The van der Waals surface area contributed by atoms with Gasteiger partial charge in [0.15, 0.2) is 0 Å². The van der Waals surface area contributed by atoms with E-state index in [9.17, 15) is 4.79 Å². The van der Waals surface area contributed by atoms with Crippen LogP contribution in [0.3, 0.4) is 0 Å². The van der Waals surface area contributed by atoms with Gasteiger partial charge in [-0.15, -0.1) is 16.4 Å². The Bertz CT molecular complexity index is 1350. The lowest BCUT2D eigenvalue weighted by Gasteiger charge is -2.06. The van der Waals surface area contributed by atoms with Crippen molar-refractivity contribution in [2.45, 2.75) is 6.92 Å². The average molecular weight is 385 g/mol. The number of benzene rings is 2. The molecule has 0 unspecified atom stereocenters. The SMILES string of the molecule is Cc1nc2sc(C(=O)c3ccccc3)c(N)c2cc1-n1nnc2ccccc21. The van der Waals surface area contributed by atoms with Crippen molar-refractivity contribution in [3.8, 4) is 5.69 Å². The number of anilines is 1. The van der Waals surface area contributed by atoms with Gasteiger partial charge in [0.1, 0.15) is 15.2 Å². The summed E-state index contributed by atoms with van der Waals surface area (Å²) in [6, 6.07) is 18.8. The Kier molecular flexibility index (Phi) is 3.70. The van der Waals surface area contributed by atoms with E-state index in [0.29, 0.717) is 16.1 Å². The maximum absolute atomic E-state index is 12.9. The number of carbonyl (C=O) groups is 1. The lowest BCUT2D eigenvalue weighted by atomic mass is 10.1. The van der Waals surface area contributed by atoms with E-state index in [1.54, 1.807) is 16.8 Å². The number of nitrogens with zero attached hydrogens (tertiary/aromatic N) is 4. The van der Waals surface area contributed by atoms with E-state index < -0.39 is 0 Å². The predicted octanol–water partition coefficient (Wildman–Crippen LogP) is 4.15. The van der Waals surface area contributed by atoms with E-state index in [0.717, 1.165) is 32.6 Å². The van der Waals surface area contributed by atoms with E-state index in [1.807, 2.05) is 55.5 Å². The molecule has 6 nitrogen and oxygen atoms in total. The first-order chi connectivity index (χ1) is 13.6. The Labute approximate surface area is 164 Å². The fourth-order valence-corrected chi connectivity index (χ4v) is 4.35. The summed E-state index contributed by atoms with van der Waals surface area (Å²) >= 11 is 1.32. The largest absolute Gasteiger partial charge is 0.397 e. The molecule has 136 valence electrons. The number of para-hydroxylation sites is 1. The standard InChI is InChI=1S/C21H15N5OS/c1-12-17(26-16-10-6-5-9-15(16)24-25-26)11-14-18(22)20(28-21(14)23-12)19(27)13-7-3-2-4-8-13/h2-11H,22H2,1H3. The highest BCUT2D eigenvalue weighted by Crippen LogP contribution is 2.36. The summed E-state index contributed by atoms with van der Waals surface area (Å²) in [5.41, 5.74) is 10.7. The quantitative estimate of drug-likeness (QED) is 0.472. The van der Waals surface area contributed by atoms with Crippen molar-refractivity contribution in [2.24, 2.45) is 0 Å². The highest BCUT2D eigenvalue weighted by molar-refractivity contribution is 7.21. The molecular formula is C21H15N5OS. The maximum atomic E-state index is 12.9. The number of aromatic nitrogens is 4. The molecule has 0 radical (unpaired) electrons. The van der Waals surface area contributed by atoms with E-state index in [1.165, 1.54) is 11.3 Å². The van der Waals surface area contributed by atoms with Gasteiger partial charge in [0, 0.05) is 10.9 Å². The number of hydrogen-bond acceptors (Lipinski definition) is 6. The minimum Gasteiger partial charge on any atom is -0.397 e. The molecular weight excluding hydrogens is 370 g/mol. The zero-order chi connectivity index (χ0) is 19.3. The molecule has 0 aliphatic rings. The third-order valence-corrected chi connectivity index (χ3v) is 5.82. The zero-order valence-corrected chi connectivity index (χ0v) is 15.8. The highest BCUT2D eigenvalue weighted by atomic mass is 32.1. The number of nitrogens with two attached hydrogens (primary N) is 1. The van der Waals surface area contributed by atoms with Crippen molar-refractivity contribution < 1.29 is 4.79 Å². The fraction of sp³-hybridized carbons (Fsp3) is 0.0476. The molecule has 0 bridgehead atoms. The number of thiophene rings is 1. The van der Waals surface area contributed by atoms with Gasteiger partial charge in [-0.3, -0.25) is 4.79 Å². The van der Waals surface area contributed by atoms with E-state index in [2.05, 4.69) is 10.3 Å². The molecule has 0 saturated heterocycles. The van der Waals surface area contributed by atoms with Crippen LogP contribution in [0.5, 0.6) is 0 Å². The fourth-order valence-electron chi connectivity index (χ4n) is 3.27. The molecule has 3 aromatic heterocycles. The average Bonchev–Trinajstić information content (AvgIpc) is 3.29. The minimum atomic E-state index is -0.0912. The molecule has 5 aromatic rings. The lowest BCUT2D eigenvalue weighted by Crippen LogP contribution is -2.02. The molecule has 0 aliphatic carbocycles. The number of ketones is 1. The number of aryl methyl sites for hydroxylation is 1. The molecule has 0 spiro atoms. The van der Waals surface area contributed by atoms with Gasteiger partial charge >= 0.3 is 0 Å². The van der Waals surface area contributed by atoms with Gasteiger partial charge in [-0.2, -0.15) is 0 Å². The molecule has 0 fully saturated rings. The summed E-state index contributed by atoms with van der Waals surface area (Å²) in [4.78, 5) is 18.8. The Morgan fingerprint density at radius 1 is 1.07 bits per heavy atom. The summed E-state index contributed by atoms with van der Waals surface area (Å²) < 4.78 is 1.76. The molecule has 0 atom stereocenters. The topological polar surface area (TPSA) is 86.7 Å². The smallest absolute Gasteiger partial charge is 0.205 e. The van der Waals surface area contributed by atoms with Gasteiger partial charge in [-0.1, -0.05) is 47.7 Å². The van der Waals surface area contributed by atoms with Crippen LogP contribution in [0.2, 0.25) is 0 Å². The highest BCUT2D eigenvalue weighted by Gasteiger charge is 2.20. The van der Waals surface area contributed by atoms with Crippen LogP contribution < -0.4 is 5.73 Å². The Morgan fingerprint density at radius 3 is 2.64 bits per heavy atom. The second kappa shape index (κ2) is 6.24. The predicted molar refractivity (Wildman–Crippen MR) is 111 cm³/mol. The number of hydrogen-bond donors (Lipinski definition) is 1. The minimum absolute atomic E-state index is 0.0912. The molecule has 0 aliphatic heterocycles. The van der Waals surface area contributed by atoms with Crippen LogP contribution in [0.15, 0.2) is 60.7 Å². The van der Waals surface area contributed by atoms with E-state index in [4.69, 9.17) is 10.7 Å². The third kappa shape index (κ3) is 2.48. The van der Waals surface area contributed by atoms with Crippen LogP contribution >= 0.6 is 11.3 Å². The summed E-state index contributed by atoms with van der Waals surface area (Å²) in [7, 11) is 0. The van der Waals surface area contributed by atoms with Crippen LogP contribution in [0.4, 0.5) is 5.69 Å². The molecule has 0 saturated carbocycles. The van der Waals surface area contributed by atoms with Gasteiger partial charge in [-0.25, -0.2) is 9.67 Å². The number of pyridine rings is 1. The zero-order valence-electron chi connectivity index (χ0n) is 15.0. The summed E-state index contributed by atoms with van der Waals surface area (Å²) in [5, 5.41) is 9.24. The summed E-state index contributed by atoms with van der Waals surface area (Å²) in [5.74, 6) is -0.0912. The Morgan fingerprint density at radius 2 is 1.82 bits per heavy atom. The van der Waals surface area contributed by atoms with Crippen molar-refractivity contribution >= 4 is 44.1 Å². The van der Waals surface area contributed by atoms with Crippen molar-refractivity contribution in [1.29, 1.82) is 0 Å². The third-order valence-electron chi connectivity index (χ3n) is 4.71. The Hall–Kier alpha value is -3.58. The van der Waals surface area contributed by atoms with Gasteiger partial charge in [0.25, 0.3) is 0 Å². The van der Waals surface area contributed by atoms with Crippen molar-refractivity contribution in [3.63, 3.8) is 0 Å². The number of nitrogen functional groups attached to an aromatic ring is 1. The monoisotopic (exact) mass is 385 g/mol. The van der Waals surface area contributed by atoms with Crippen molar-refractivity contribution in [2.75, 3.05) is 5.73 Å². The molecule has 7 heteroatoms. The van der Waals surface area contributed by atoms with Crippen molar-refractivity contribution in [3.05, 3.63) is 76.8 Å². The Balaban J connectivity index is 1.69. The second-order valence-corrected chi connectivity index (χ2v) is 7.47. The van der Waals surface area contributed by atoms with Gasteiger partial charge in [0.2, 0.25) is 5.78 Å². The maximum Gasteiger partial charge on any atom is 0.205 e. The number of fused-ring (bicyclic) bond motifs is 2. The van der Waals surface area contributed by atoms with Crippen molar-refractivity contribution in [1.82, 2.24) is 20.0 Å². The van der Waals surface area contributed by atoms with E-state index in [-0.39, 0.29) is 5.78 Å². The van der Waals surface area contributed by atoms with Crippen LogP contribution in [0, 0.1) is 6.92 Å². The first-order valence-corrected chi connectivity index (χ1v) is 9.55. The lowest BCUT2D eigenvalue weighted by molar-refractivity contribution is 0.104. The molecule has 28 heavy (non-hydrogen) atoms. The summed E-state index contributed by atoms with van der Waals surface area (Å²) in [6.07, 6.45) is 0. The first kappa shape index (κ1) is 16.6. The van der Waals surface area contributed by atoms with Crippen LogP contribution in [0.1, 0.15) is 20.9 Å². The number of rotatable bonds is 3. The number of carbonyl (C=O) groups excluding carboxylic acids is 1. The molecule has 0 amide bonds. The molecule has 2 N–H and O–H groups in total.